The zero-order valence-corrected chi connectivity index (χ0v) is 16.2. The average molecular weight is 365 g/mol. The fourth-order valence-electron chi connectivity index (χ4n) is 6.22. The summed E-state index contributed by atoms with van der Waals surface area (Å²) in [5, 5.41) is 0. The van der Waals surface area contributed by atoms with Crippen LogP contribution >= 0.6 is 0 Å². The summed E-state index contributed by atoms with van der Waals surface area (Å²) in [6.07, 6.45) is 10.8. The Balaban J connectivity index is 1.52. The molecular weight excluding hydrogens is 338 g/mol. The molecule has 1 aromatic carbocycles. The predicted molar refractivity (Wildman–Crippen MR) is 103 cm³/mol. The predicted octanol–water partition coefficient (Wildman–Crippen LogP) is 3.59. The maximum atomic E-state index is 6.58. The molecule has 2 bridgehead atoms. The van der Waals surface area contributed by atoms with Crippen molar-refractivity contribution >= 4 is 0 Å². The molecule has 1 aromatic rings. The van der Waals surface area contributed by atoms with E-state index in [1.165, 1.54) is 36.9 Å². The number of likely N-dealkylation sites (tertiary alicyclic amines) is 1. The Morgan fingerprint density at radius 2 is 2.07 bits per heavy atom. The normalized spacial score (nSPS) is 33.4. The van der Waals surface area contributed by atoms with E-state index in [0.717, 1.165) is 42.6 Å². The highest BCUT2D eigenvalue weighted by molar-refractivity contribution is 5.67. The van der Waals surface area contributed by atoms with Gasteiger partial charge in [-0.2, -0.15) is 0 Å². The molecule has 1 spiro atoms. The molecule has 1 unspecified atom stereocenters. The Morgan fingerprint density at radius 3 is 2.81 bits per heavy atom. The van der Waals surface area contributed by atoms with Gasteiger partial charge in [0.15, 0.2) is 17.6 Å². The van der Waals surface area contributed by atoms with Crippen molar-refractivity contribution in [3.05, 3.63) is 46.7 Å². The first-order valence-corrected chi connectivity index (χ1v) is 10.3. The molecular formula is C23H27NO3. The lowest BCUT2D eigenvalue weighted by Crippen LogP contribution is -2.60. The summed E-state index contributed by atoms with van der Waals surface area (Å²) in [4.78, 5) is 2.76. The quantitative estimate of drug-likeness (QED) is 0.816. The molecule has 2 fully saturated rings. The van der Waals surface area contributed by atoms with Crippen molar-refractivity contribution in [2.45, 2.75) is 49.7 Å². The van der Waals surface area contributed by atoms with E-state index in [1.54, 1.807) is 19.8 Å². The maximum Gasteiger partial charge on any atom is 0.169 e. The minimum atomic E-state index is -0.0711. The molecule has 4 heteroatoms. The topological polar surface area (TPSA) is 30.9 Å². The zero-order chi connectivity index (χ0) is 18.2. The third kappa shape index (κ3) is 1.92. The molecule has 0 amide bonds. The number of rotatable bonds is 4. The molecule has 2 heterocycles. The highest BCUT2D eigenvalue weighted by Gasteiger charge is 2.62. The van der Waals surface area contributed by atoms with Crippen LogP contribution in [0.15, 0.2) is 35.6 Å². The third-order valence-corrected chi connectivity index (χ3v) is 7.72. The number of ether oxygens (including phenoxy) is 3. The van der Waals surface area contributed by atoms with Crippen LogP contribution in [0.1, 0.15) is 36.8 Å². The van der Waals surface area contributed by atoms with Crippen molar-refractivity contribution < 1.29 is 14.2 Å². The first kappa shape index (κ1) is 16.1. The van der Waals surface area contributed by atoms with Crippen LogP contribution in [0.5, 0.6) is 11.5 Å². The van der Waals surface area contributed by atoms with E-state index in [2.05, 4.69) is 29.2 Å². The van der Waals surface area contributed by atoms with Crippen LogP contribution in [0.4, 0.5) is 0 Å². The molecule has 4 nitrogen and oxygen atoms in total. The van der Waals surface area contributed by atoms with Gasteiger partial charge < -0.3 is 14.2 Å². The van der Waals surface area contributed by atoms with Crippen molar-refractivity contribution in [1.82, 2.24) is 4.90 Å². The van der Waals surface area contributed by atoms with Gasteiger partial charge in [-0.15, -0.1) is 0 Å². The summed E-state index contributed by atoms with van der Waals surface area (Å²) < 4.78 is 18.0. The average Bonchev–Trinajstić information content (AvgIpc) is 3.00. The second kappa shape index (κ2) is 5.54. The monoisotopic (exact) mass is 365 g/mol. The Labute approximate surface area is 160 Å². The van der Waals surface area contributed by atoms with Gasteiger partial charge in [-0.3, -0.25) is 4.90 Å². The summed E-state index contributed by atoms with van der Waals surface area (Å²) in [5.41, 5.74) is 4.28. The minimum absolute atomic E-state index is 0.0544. The van der Waals surface area contributed by atoms with Crippen molar-refractivity contribution in [2.24, 2.45) is 5.92 Å². The van der Waals surface area contributed by atoms with Crippen LogP contribution in [0, 0.1) is 5.92 Å². The van der Waals surface area contributed by atoms with Crippen molar-refractivity contribution in [3.63, 3.8) is 0 Å². The SMILES string of the molecule is COC1=CC=C2[C@@H]3Cc4ccc(OC)c5c4C2(CCN3CC2CCC2)[C@@H]1O5. The van der Waals surface area contributed by atoms with E-state index < -0.39 is 0 Å². The van der Waals surface area contributed by atoms with Crippen molar-refractivity contribution in [1.29, 1.82) is 0 Å². The summed E-state index contributed by atoms with van der Waals surface area (Å²) in [7, 11) is 3.50. The van der Waals surface area contributed by atoms with Gasteiger partial charge in [0.2, 0.25) is 0 Å². The van der Waals surface area contributed by atoms with E-state index in [-0.39, 0.29) is 11.5 Å². The summed E-state index contributed by atoms with van der Waals surface area (Å²) in [6.45, 7) is 2.40. The molecule has 3 aliphatic carbocycles. The van der Waals surface area contributed by atoms with Crippen molar-refractivity contribution in [3.8, 4) is 11.5 Å². The molecule has 5 aliphatic rings. The highest BCUT2D eigenvalue weighted by Crippen LogP contribution is 2.62. The van der Waals surface area contributed by atoms with Gasteiger partial charge >= 0.3 is 0 Å². The Morgan fingerprint density at radius 1 is 1.19 bits per heavy atom. The van der Waals surface area contributed by atoms with E-state index in [0.29, 0.717) is 6.04 Å². The van der Waals surface area contributed by atoms with Gasteiger partial charge in [0.25, 0.3) is 0 Å². The molecule has 2 aliphatic heterocycles. The van der Waals surface area contributed by atoms with E-state index in [4.69, 9.17) is 14.2 Å². The van der Waals surface area contributed by atoms with Crippen LogP contribution in [-0.4, -0.2) is 44.4 Å². The Bertz CT molecular complexity index is 869. The number of piperidine rings is 1. The molecule has 3 atom stereocenters. The molecule has 27 heavy (non-hydrogen) atoms. The van der Waals surface area contributed by atoms with Gasteiger partial charge in [-0.25, -0.2) is 0 Å². The summed E-state index contributed by atoms with van der Waals surface area (Å²) >= 11 is 0. The summed E-state index contributed by atoms with van der Waals surface area (Å²) in [6, 6.07) is 4.85. The highest BCUT2D eigenvalue weighted by atomic mass is 16.6. The van der Waals surface area contributed by atoms with E-state index in [1.807, 2.05) is 0 Å². The van der Waals surface area contributed by atoms with Crippen LogP contribution in [-0.2, 0) is 16.6 Å². The van der Waals surface area contributed by atoms with Gasteiger partial charge in [0.1, 0.15) is 5.76 Å². The number of nitrogens with zero attached hydrogens (tertiary/aromatic N) is 1. The fourth-order valence-corrected chi connectivity index (χ4v) is 6.22. The minimum Gasteiger partial charge on any atom is -0.497 e. The Kier molecular flexibility index (Phi) is 3.29. The lowest BCUT2D eigenvalue weighted by atomic mass is 9.57. The number of hydrogen-bond donors (Lipinski definition) is 0. The molecule has 0 radical (unpaired) electrons. The van der Waals surface area contributed by atoms with Gasteiger partial charge in [0, 0.05) is 24.7 Å². The van der Waals surface area contributed by atoms with Crippen molar-refractivity contribution in [2.75, 3.05) is 27.3 Å². The maximum absolute atomic E-state index is 6.58. The van der Waals surface area contributed by atoms with E-state index in [9.17, 15) is 0 Å². The molecule has 1 saturated heterocycles. The van der Waals surface area contributed by atoms with Crippen LogP contribution < -0.4 is 9.47 Å². The molecule has 1 saturated carbocycles. The third-order valence-electron chi connectivity index (χ3n) is 7.72. The molecule has 142 valence electrons. The van der Waals surface area contributed by atoms with Gasteiger partial charge in [0.05, 0.1) is 19.6 Å². The standard InChI is InChI=1S/C23H27NO3/c1-25-18-8-6-15-12-17-16-7-9-19(26-2)22-23(16,20(15)21(18)27-22)10-11-24(17)13-14-4-3-5-14/h6-9,14,17,22H,3-5,10-13H2,1-2H3/t17-,22+,23?/m0/s1. The fraction of sp³-hybridized carbons (Fsp3) is 0.565. The van der Waals surface area contributed by atoms with E-state index >= 15 is 0 Å². The van der Waals surface area contributed by atoms with Crippen LogP contribution in [0.2, 0.25) is 0 Å². The Hall–Kier alpha value is -1.94. The lowest BCUT2D eigenvalue weighted by molar-refractivity contribution is 0.0506. The first-order chi connectivity index (χ1) is 13.3. The van der Waals surface area contributed by atoms with Crippen LogP contribution in [0.3, 0.4) is 0 Å². The second-order valence-corrected chi connectivity index (χ2v) is 8.76. The molecule has 6 rings (SSSR count). The largest absolute Gasteiger partial charge is 0.497 e. The number of methoxy groups -OCH3 is 2. The number of allylic oxidation sites excluding steroid dienone is 2. The molecule has 0 N–H and O–H groups in total. The number of hydrogen-bond acceptors (Lipinski definition) is 4. The lowest BCUT2D eigenvalue weighted by Gasteiger charge is -2.54. The first-order valence-electron chi connectivity index (χ1n) is 10.3. The number of benzene rings is 1. The molecule has 0 aromatic heterocycles. The van der Waals surface area contributed by atoms with Crippen LogP contribution in [0.25, 0.3) is 0 Å². The zero-order valence-electron chi connectivity index (χ0n) is 16.2. The van der Waals surface area contributed by atoms with Gasteiger partial charge in [-0.05, 0) is 54.9 Å². The smallest absolute Gasteiger partial charge is 0.169 e. The summed E-state index contributed by atoms with van der Waals surface area (Å²) in [5.74, 6) is 3.64. The van der Waals surface area contributed by atoms with Gasteiger partial charge in [-0.1, -0.05) is 18.6 Å². The second-order valence-electron chi connectivity index (χ2n) is 8.76.